The molecule has 0 aliphatic rings. The average molecular weight is 341 g/mol. The lowest BCUT2D eigenvalue weighted by molar-refractivity contribution is 0.0948. The number of carbonyl (C=O) groups is 2. The van der Waals surface area contributed by atoms with Gasteiger partial charge in [-0.15, -0.1) is 0 Å². The third-order valence-corrected chi connectivity index (χ3v) is 3.68. The Morgan fingerprint density at radius 2 is 1.96 bits per heavy atom. The summed E-state index contributed by atoms with van der Waals surface area (Å²) in [5.74, 6) is -0.460. The minimum atomic E-state index is -0.234. The summed E-state index contributed by atoms with van der Waals surface area (Å²) in [6.45, 7) is 3.52. The molecule has 6 heteroatoms. The zero-order chi connectivity index (χ0) is 18.1. The summed E-state index contributed by atoms with van der Waals surface area (Å²) in [7, 11) is 1.62. The SMILES string of the molecule is CCN(C(=O)c1cc(C(=O)NCCCOC)ccn1)c1ccccc1. The molecule has 2 aromatic rings. The molecule has 1 N–H and O–H groups in total. The molecule has 0 unspecified atom stereocenters. The summed E-state index contributed by atoms with van der Waals surface area (Å²) in [6.07, 6.45) is 2.22. The second-order valence-corrected chi connectivity index (χ2v) is 5.42. The lowest BCUT2D eigenvalue weighted by atomic mass is 10.2. The van der Waals surface area contributed by atoms with Crippen LogP contribution in [0.4, 0.5) is 5.69 Å². The van der Waals surface area contributed by atoms with E-state index in [0.717, 1.165) is 12.1 Å². The molecule has 0 fully saturated rings. The van der Waals surface area contributed by atoms with E-state index in [1.54, 1.807) is 18.1 Å². The van der Waals surface area contributed by atoms with E-state index in [1.165, 1.54) is 12.3 Å². The first-order valence-electron chi connectivity index (χ1n) is 8.27. The predicted octanol–water partition coefficient (Wildman–Crippen LogP) is 2.51. The standard InChI is InChI=1S/C19H23N3O3/c1-3-22(16-8-5-4-6-9-16)19(24)17-14-15(10-12-20-17)18(23)21-11-7-13-25-2/h4-6,8-10,12,14H,3,7,11,13H2,1-2H3,(H,21,23). The number of benzene rings is 1. The van der Waals surface area contributed by atoms with Crippen LogP contribution in [-0.2, 0) is 4.74 Å². The van der Waals surface area contributed by atoms with E-state index in [2.05, 4.69) is 10.3 Å². The molecule has 0 bridgehead atoms. The Balaban J connectivity index is 2.11. The number of ether oxygens (including phenoxy) is 1. The summed E-state index contributed by atoms with van der Waals surface area (Å²) in [4.78, 5) is 30.7. The fraction of sp³-hybridized carbons (Fsp3) is 0.316. The van der Waals surface area contributed by atoms with Crippen molar-refractivity contribution in [2.75, 3.05) is 31.7 Å². The van der Waals surface area contributed by atoms with Crippen molar-refractivity contribution in [2.45, 2.75) is 13.3 Å². The lowest BCUT2D eigenvalue weighted by Crippen LogP contribution is -2.32. The summed E-state index contributed by atoms with van der Waals surface area (Å²) in [6, 6.07) is 12.5. The van der Waals surface area contributed by atoms with Gasteiger partial charge in [-0.05, 0) is 37.6 Å². The highest BCUT2D eigenvalue weighted by atomic mass is 16.5. The third-order valence-electron chi connectivity index (χ3n) is 3.68. The number of carbonyl (C=O) groups excluding carboxylic acids is 2. The molecule has 0 aliphatic carbocycles. The molecule has 0 aliphatic heterocycles. The number of para-hydroxylation sites is 1. The molecule has 132 valence electrons. The normalized spacial score (nSPS) is 10.3. The van der Waals surface area contributed by atoms with Crippen LogP contribution in [0.3, 0.4) is 0 Å². The van der Waals surface area contributed by atoms with Crippen LogP contribution in [0.15, 0.2) is 48.7 Å². The van der Waals surface area contributed by atoms with Gasteiger partial charge in [0.05, 0.1) is 0 Å². The maximum atomic E-state index is 12.8. The van der Waals surface area contributed by atoms with E-state index >= 15 is 0 Å². The Labute approximate surface area is 147 Å². The number of aromatic nitrogens is 1. The fourth-order valence-electron chi connectivity index (χ4n) is 2.40. The molecule has 1 aromatic heterocycles. The monoisotopic (exact) mass is 341 g/mol. The summed E-state index contributed by atoms with van der Waals surface area (Å²) in [5, 5.41) is 2.80. The van der Waals surface area contributed by atoms with E-state index in [1.807, 2.05) is 37.3 Å². The maximum absolute atomic E-state index is 12.8. The average Bonchev–Trinajstić information content (AvgIpc) is 2.66. The predicted molar refractivity (Wildman–Crippen MR) is 96.9 cm³/mol. The van der Waals surface area contributed by atoms with Crippen LogP contribution in [0.25, 0.3) is 0 Å². The van der Waals surface area contributed by atoms with Gasteiger partial charge in [-0.1, -0.05) is 18.2 Å². The Bertz CT molecular complexity index is 704. The second-order valence-electron chi connectivity index (χ2n) is 5.42. The quantitative estimate of drug-likeness (QED) is 0.749. The van der Waals surface area contributed by atoms with E-state index in [9.17, 15) is 9.59 Å². The van der Waals surface area contributed by atoms with Crippen molar-refractivity contribution in [1.82, 2.24) is 10.3 Å². The number of hydrogen-bond donors (Lipinski definition) is 1. The van der Waals surface area contributed by atoms with Crippen LogP contribution in [0.5, 0.6) is 0 Å². The Morgan fingerprint density at radius 1 is 1.20 bits per heavy atom. The van der Waals surface area contributed by atoms with Crippen molar-refractivity contribution in [3.05, 3.63) is 59.9 Å². The molecule has 2 amide bonds. The highest BCUT2D eigenvalue weighted by molar-refractivity contribution is 6.06. The van der Waals surface area contributed by atoms with Crippen molar-refractivity contribution in [2.24, 2.45) is 0 Å². The number of methoxy groups -OCH3 is 1. The molecule has 2 rings (SSSR count). The zero-order valence-electron chi connectivity index (χ0n) is 14.6. The lowest BCUT2D eigenvalue weighted by Gasteiger charge is -2.20. The number of rotatable bonds is 8. The van der Waals surface area contributed by atoms with Gasteiger partial charge in [-0.2, -0.15) is 0 Å². The van der Waals surface area contributed by atoms with Crippen molar-refractivity contribution >= 4 is 17.5 Å². The van der Waals surface area contributed by atoms with Gasteiger partial charge in [0.2, 0.25) is 0 Å². The summed E-state index contributed by atoms with van der Waals surface area (Å²) >= 11 is 0. The minimum absolute atomic E-state index is 0.227. The molecule has 0 spiro atoms. The molecule has 0 atom stereocenters. The molecule has 0 radical (unpaired) electrons. The molecule has 0 saturated heterocycles. The number of nitrogens with one attached hydrogen (secondary N) is 1. The van der Waals surface area contributed by atoms with Gasteiger partial charge in [0.25, 0.3) is 11.8 Å². The number of pyridine rings is 1. The van der Waals surface area contributed by atoms with Crippen LogP contribution in [0.1, 0.15) is 34.2 Å². The third kappa shape index (κ3) is 5.12. The van der Waals surface area contributed by atoms with Crippen LogP contribution >= 0.6 is 0 Å². The summed E-state index contributed by atoms with van der Waals surface area (Å²) in [5.41, 5.74) is 1.46. The molecule has 0 saturated carbocycles. The van der Waals surface area contributed by atoms with Gasteiger partial charge >= 0.3 is 0 Å². The van der Waals surface area contributed by atoms with E-state index in [0.29, 0.717) is 25.3 Å². The maximum Gasteiger partial charge on any atom is 0.276 e. The topological polar surface area (TPSA) is 71.5 Å². The number of nitrogens with zero attached hydrogens (tertiary/aromatic N) is 2. The van der Waals surface area contributed by atoms with Gasteiger partial charge in [0, 0.05) is 44.3 Å². The molecular formula is C19H23N3O3. The van der Waals surface area contributed by atoms with Crippen LogP contribution < -0.4 is 10.2 Å². The van der Waals surface area contributed by atoms with Gasteiger partial charge in [-0.3, -0.25) is 14.6 Å². The Hall–Kier alpha value is -2.73. The second kappa shape index (κ2) is 9.54. The first kappa shape index (κ1) is 18.6. The van der Waals surface area contributed by atoms with E-state index in [4.69, 9.17) is 4.74 Å². The highest BCUT2D eigenvalue weighted by Gasteiger charge is 2.18. The largest absolute Gasteiger partial charge is 0.385 e. The number of hydrogen-bond acceptors (Lipinski definition) is 4. The van der Waals surface area contributed by atoms with Crippen molar-refractivity contribution < 1.29 is 14.3 Å². The minimum Gasteiger partial charge on any atom is -0.385 e. The van der Waals surface area contributed by atoms with Crippen LogP contribution in [0.2, 0.25) is 0 Å². The van der Waals surface area contributed by atoms with E-state index in [-0.39, 0.29) is 17.5 Å². The van der Waals surface area contributed by atoms with Gasteiger partial charge in [0.1, 0.15) is 5.69 Å². The van der Waals surface area contributed by atoms with Gasteiger partial charge < -0.3 is 15.0 Å². The van der Waals surface area contributed by atoms with Crippen LogP contribution in [-0.4, -0.2) is 43.6 Å². The smallest absolute Gasteiger partial charge is 0.276 e. The van der Waals surface area contributed by atoms with Crippen molar-refractivity contribution in [1.29, 1.82) is 0 Å². The Morgan fingerprint density at radius 3 is 2.64 bits per heavy atom. The molecule has 6 nitrogen and oxygen atoms in total. The summed E-state index contributed by atoms with van der Waals surface area (Å²) < 4.78 is 4.95. The number of amides is 2. The van der Waals surface area contributed by atoms with Crippen molar-refractivity contribution in [3.8, 4) is 0 Å². The highest BCUT2D eigenvalue weighted by Crippen LogP contribution is 2.16. The van der Waals surface area contributed by atoms with Crippen LogP contribution in [0, 0.1) is 0 Å². The fourth-order valence-corrected chi connectivity index (χ4v) is 2.40. The molecule has 1 heterocycles. The zero-order valence-corrected chi connectivity index (χ0v) is 14.6. The van der Waals surface area contributed by atoms with Crippen molar-refractivity contribution in [3.63, 3.8) is 0 Å². The molecule has 25 heavy (non-hydrogen) atoms. The molecular weight excluding hydrogens is 318 g/mol. The van der Waals surface area contributed by atoms with Gasteiger partial charge in [-0.25, -0.2) is 0 Å². The first-order chi connectivity index (χ1) is 12.2. The molecule has 1 aromatic carbocycles. The number of anilines is 1. The Kier molecular flexibility index (Phi) is 7.10. The van der Waals surface area contributed by atoms with Gasteiger partial charge in [0.15, 0.2) is 0 Å². The first-order valence-corrected chi connectivity index (χ1v) is 8.27. The van der Waals surface area contributed by atoms with E-state index < -0.39 is 0 Å².